The van der Waals surface area contributed by atoms with Crippen LogP contribution < -0.4 is 0 Å². The van der Waals surface area contributed by atoms with E-state index in [1.807, 2.05) is 0 Å². The third kappa shape index (κ3) is 5.36. The summed E-state index contributed by atoms with van der Waals surface area (Å²) in [4.78, 5) is 0. The summed E-state index contributed by atoms with van der Waals surface area (Å²) in [5.74, 6) is 3.88. The molecule has 0 amide bonds. The van der Waals surface area contributed by atoms with E-state index in [0.717, 1.165) is 23.7 Å². The molecule has 0 saturated heterocycles. The zero-order chi connectivity index (χ0) is 21.0. The number of hydrogen-bond acceptors (Lipinski definition) is 0. The Bertz CT molecular complexity index is 658. The topological polar surface area (TPSA) is 0 Å². The van der Waals surface area contributed by atoms with Gasteiger partial charge in [0, 0.05) is 0 Å². The van der Waals surface area contributed by atoms with Crippen molar-refractivity contribution >= 4 is 0 Å². The van der Waals surface area contributed by atoms with Crippen molar-refractivity contribution in [3.8, 4) is 0 Å². The van der Waals surface area contributed by atoms with Crippen LogP contribution in [-0.2, 0) is 0 Å². The minimum absolute atomic E-state index is 0.529. The van der Waals surface area contributed by atoms with Crippen molar-refractivity contribution in [1.82, 2.24) is 0 Å². The summed E-state index contributed by atoms with van der Waals surface area (Å²) in [6.07, 6.45) is 23.6. The third-order valence-electron chi connectivity index (χ3n) is 8.86. The fraction of sp³-hybridized carbons (Fsp3) is 0.724. The number of fused-ring (bicyclic) bond motifs is 1. The monoisotopic (exact) mass is 394 g/mol. The van der Waals surface area contributed by atoms with E-state index in [-0.39, 0.29) is 0 Å². The molecule has 0 heterocycles. The van der Waals surface area contributed by atoms with Gasteiger partial charge in [0.25, 0.3) is 0 Å². The van der Waals surface area contributed by atoms with Gasteiger partial charge >= 0.3 is 0 Å². The molecule has 3 saturated carbocycles. The predicted octanol–water partition coefficient (Wildman–Crippen LogP) is 9.06. The summed E-state index contributed by atoms with van der Waals surface area (Å²) in [6.45, 7) is 16.1. The molecule has 5 unspecified atom stereocenters. The first-order valence-corrected chi connectivity index (χ1v) is 12.5. The third-order valence-corrected chi connectivity index (χ3v) is 8.86. The second-order valence-corrected chi connectivity index (χ2v) is 11.2. The average molecular weight is 395 g/mol. The van der Waals surface area contributed by atoms with Gasteiger partial charge in [-0.1, -0.05) is 75.3 Å². The first-order chi connectivity index (χ1) is 13.8. The highest BCUT2D eigenvalue weighted by Crippen LogP contribution is 2.58. The number of hydrogen-bond donors (Lipinski definition) is 0. The van der Waals surface area contributed by atoms with E-state index in [1.54, 1.807) is 11.1 Å². The summed E-state index contributed by atoms with van der Waals surface area (Å²) >= 11 is 0. The summed E-state index contributed by atoms with van der Waals surface area (Å²) in [5.41, 5.74) is 5.35. The molecule has 0 N–H and O–H groups in total. The van der Waals surface area contributed by atoms with Crippen molar-refractivity contribution < 1.29 is 0 Å². The van der Waals surface area contributed by atoms with E-state index in [9.17, 15) is 0 Å². The fourth-order valence-electron chi connectivity index (χ4n) is 6.31. The lowest BCUT2D eigenvalue weighted by atomic mass is 9.63. The summed E-state index contributed by atoms with van der Waals surface area (Å²) in [7, 11) is 0. The van der Waals surface area contributed by atoms with Crippen molar-refractivity contribution in [2.45, 2.75) is 98.8 Å². The Morgan fingerprint density at radius 1 is 1.10 bits per heavy atom. The Kier molecular flexibility index (Phi) is 7.69. The van der Waals surface area contributed by atoms with Gasteiger partial charge in [0.05, 0.1) is 0 Å². The van der Waals surface area contributed by atoms with Crippen molar-refractivity contribution in [1.29, 1.82) is 0 Å². The molecule has 0 aromatic heterocycles. The highest BCUT2D eigenvalue weighted by molar-refractivity contribution is 5.26. The Morgan fingerprint density at radius 2 is 1.90 bits per heavy atom. The van der Waals surface area contributed by atoms with E-state index in [2.05, 4.69) is 65.5 Å². The second kappa shape index (κ2) is 9.84. The SMILES string of the molecule is C=C(C)C1CCC/C(=C/C=C2\CCCC3(C)C(C/C=C/C(C)C(C)C)CCC23)C1. The van der Waals surface area contributed by atoms with Gasteiger partial charge < -0.3 is 0 Å². The number of rotatable bonds is 6. The van der Waals surface area contributed by atoms with Crippen molar-refractivity contribution in [3.63, 3.8) is 0 Å². The van der Waals surface area contributed by atoms with Crippen LogP contribution in [0.25, 0.3) is 0 Å². The fourth-order valence-corrected chi connectivity index (χ4v) is 6.31. The van der Waals surface area contributed by atoms with Crippen LogP contribution in [0.15, 0.2) is 47.6 Å². The molecule has 0 aromatic rings. The standard InChI is InChI=1S/C29H46/c1-21(2)23(5)10-7-14-27-17-18-28-25(13-9-19-29(27,28)6)16-15-24-11-8-12-26(20-24)22(3)4/h7,10,15-16,21,23,26-28H,3,8-9,11-14,17-20H2,1-2,4-6H3/b10-7+,24-15-,25-16+. The van der Waals surface area contributed by atoms with Crippen LogP contribution >= 0.6 is 0 Å². The molecule has 3 aliphatic carbocycles. The van der Waals surface area contributed by atoms with Gasteiger partial charge in [0.1, 0.15) is 0 Å². The largest absolute Gasteiger partial charge is 0.0998 e. The van der Waals surface area contributed by atoms with Crippen LogP contribution in [-0.4, -0.2) is 0 Å². The van der Waals surface area contributed by atoms with Gasteiger partial charge in [-0.05, 0) is 106 Å². The second-order valence-electron chi connectivity index (χ2n) is 11.2. The number of allylic oxidation sites excluding steroid dienone is 7. The van der Waals surface area contributed by atoms with Crippen LogP contribution in [0.3, 0.4) is 0 Å². The minimum Gasteiger partial charge on any atom is -0.0998 e. The Morgan fingerprint density at radius 3 is 2.62 bits per heavy atom. The zero-order valence-electron chi connectivity index (χ0n) is 20.0. The molecule has 3 aliphatic rings. The van der Waals surface area contributed by atoms with Crippen LogP contribution in [0.4, 0.5) is 0 Å². The van der Waals surface area contributed by atoms with Crippen LogP contribution in [0.5, 0.6) is 0 Å². The van der Waals surface area contributed by atoms with Gasteiger partial charge in [-0.2, -0.15) is 0 Å². The molecule has 3 fully saturated rings. The lowest BCUT2D eigenvalue weighted by molar-refractivity contribution is 0.137. The smallest absolute Gasteiger partial charge is 0.0143 e. The maximum atomic E-state index is 4.22. The highest BCUT2D eigenvalue weighted by Gasteiger charge is 2.48. The Labute approximate surface area is 181 Å². The van der Waals surface area contributed by atoms with E-state index >= 15 is 0 Å². The molecule has 0 bridgehead atoms. The van der Waals surface area contributed by atoms with E-state index in [4.69, 9.17) is 0 Å². The first kappa shape index (κ1) is 22.6. The highest BCUT2D eigenvalue weighted by atomic mass is 14.5. The molecule has 0 aliphatic heterocycles. The lowest BCUT2D eigenvalue weighted by Crippen LogP contribution is -2.33. The quantitative estimate of drug-likeness (QED) is 0.394. The minimum atomic E-state index is 0.529. The molecule has 29 heavy (non-hydrogen) atoms. The van der Waals surface area contributed by atoms with Gasteiger partial charge in [0.15, 0.2) is 0 Å². The van der Waals surface area contributed by atoms with Crippen molar-refractivity contribution in [2.24, 2.45) is 35.0 Å². The average Bonchev–Trinajstić information content (AvgIpc) is 3.03. The molecular weight excluding hydrogens is 348 g/mol. The molecule has 162 valence electrons. The summed E-state index contributed by atoms with van der Waals surface area (Å²) in [6, 6.07) is 0. The maximum absolute atomic E-state index is 4.22. The maximum Gasteiger partial charge on any atom is -0.0143 e. The zero-order valence-corrected chi connectivity index (χ0v) is 20.0. The van der Waals surface area contributed by atoms with Crippen LogP contribution in [0, 0.1) is 35.0 Å². The molecule has 0 nitrogen and oxygen atoms in total. The normalized spacial score (nSPS) is 36.8. The molecular formula is C29H46. The van der Waals surface area contributed by atoms with E-state index < -0.39 is 0 Å². The first-order valence-electron chi connectivity index (χ1n) is 12.5. The summed E-state index contributed by atoms with van der Waals surface area (Å²) in [5, 5.41) is 0. The lowest BCUT2D eigenvalue weighted by Gasteiger charge is -2.42. The molecule has 0 heteroatoms. The molecule has 5 atom stereocenters. The van der Waals surface area contributed by atoms with Gasteiger partial charge in [0.2, 0.25) is 0 Å². The molecule has 0 aromatic carbocycles. The van der Waals surface area contributed by atoms with Gasteiger partial charge in [-0.15, -0.1) is 0 Å². The van der Waals surface area contributed by atoms with Gasteiger partial charge in [-0.25, -0.2) is 0 Å². The Balaban J connectivity index is 1.67. The van der Waals surface area contributed by atoms with Crippen LogP contribution in [0.2, 0.25) is 0 Å². The van der Waals surface area contributed by atoms with Crippen molar-refractivity contribution in [2.75, 3.05) is 0 Å². The summed E-state index contributed by atoms with van der Waals surface area (Å²) < 4.78 is 0. The Hall–Kier alpha value is -1.04. The van der Waals surface area contributed by atoms with Gasteiger partial charge in [-0.3, -0.25) is 0 Å². The molecule has 3 rings (SSSR count). The molecule has 0 radical (unpaired) electrons. The predicted molar refractivity (Wildman–Crippen MR) is 129 cm³/mol. The van der Waals surface area contributed by atoms with E-state index in [0.29, 0.717) is 11.3 Å². The van der Waals surface area contributed by atoms with E-state index in [1.165, 1.54) is 69.8 Å². The molecule has 0 spiro atoms. The van der Waals surface area contributed by atoms with Crippen LogP contribution in [0.1, 0.15) is 98.8 Å². The van der Waals surface area contributed by atoms with Crippen molar-refractivity contribution in [3.05, 3.63) is 47.6 Å².